The smallest absolute Gasteiger partial charge is 0.128 e. The van der Waals surface area contributed by atoms with Gasteiger partial charge in [0.05, 0.1) is 19.8 Å². The van der Waals surface area contributed by atoms with Crippen LogP contribution in [-0.2, 0) is 6.42 Å². The lowest BCUT2D eigenvalue weighted by molar-refractivity contribution is 0.209. The lowest BCUT2D eigenvalue weighted by Gasteiger charge is -2.18. The maximum absolute atomic E-state index is 10.7. The van der Waals surface area contributed by atoms with E-state index >= 15 is 0 Å². The maximum Gasteiger partial charge on any atom is 0.128 e. The van der Waals surface area contributed by atoms with Crippen molar-refractivity contribution in [2.45, 2.75) is 25.9 Å². The molecule has 0 spiro atoms. The van der Waals surface area contributed by atoms with Gasteiger partial charge in [-0.15, -0.1) is 0 Å². The number of benzene rings is 2. The molecule has 0 saturated heterocycles. The van der Waals surface area contributed by atoms with Gasteiger partial charge in [-0.05, 0) is 29.7 Å². The van der Waals surface area contributed by atoms with E-state index in [0.29, 0.717) is 17.1 Å². The summed E-state index contributed by atoms with van der Waals surface area (Å²) in [5.41, 5.74) is 2.77. The van der Waals surface area contributed by atoms with Gasteiger partial charge in [-0.1, -0.05) is 43.7 Å². The van der Waals surface area contributed by atoms with Crippen molar-refractivity contribution in [2.75, 3.05) is 14.2 Å². The van der Waals surface area contributed by atoms with E-state index in [1.54, 1.807) is 14.2 Å². The Bertz CT molecular complexity index is 553. The first-order valence-electron chi connectivity index (χ1n) is 7.19. The molecule has 0 bridgehead atoms. The van der Waals surface area contributed by atoms with Crippen molar-refractivity contribution in [1.82, 2.24) is 0 Å². The molecule has 0 aliphatic heterocycles. The van der Waals surface area contributed by atoms with Crippen LogP contribution in [0.1, 0.15) is 36.1 Å². The average Bonchev–Trinajstić information content (AvgIpc) is 2.54. The van der Waals surface area contributed by atoms with Crippen LogP contribution < -0.4 is 9.47 Å². The van der Waals surface area contributed by atoms with E-state index in [2.05, 4.69) is 19.1 Å². The second-order valence-corrected chi connectivity index (χ2v) is 4.97. The first-order valence-corrected chi connectivity index (χ1v) is 7.19. The highest BCUT2D eigenvalue weighted by Gasteiger charge is 2.20. The number of methoxy groups -OCH3 is 2. The van der Waals surface area contributed by atoms with Crippen LogP contribution in [-0.4, -0.2) is 19.3 Å². The summed E-state index contributed by atoms with van der Waals surface area (Å²) < 4.78 is 10.7. The third kappa shape index (κ3) is 3.37. The van der Waals surface area contributed by atoms with Crippen LogP contribution in [0.3, 0.4) is 0 Å². The van der Waals surface area contributed by atoms with Crippen molar-refractivity contribution in [3.05, 3.63) is 59.2 Å². The van der Waals surface area contributed by atoms with Gasteiger partial charge in [-0.3, -0.25) is 0 Å². The predicted molar refractivity (Wildman–Crippen MR) is 84.0 cm³/mol. The maximum atomic E-state index is 10.7. The molecule has 0 radical (unpaired) electrons. The van der Waals surface area contributed by atoms with Crippen LogP contribution >= 0.6 is 0 Å². The summed E-state index contributed by atoms with van der Waals surface area (Å²) in [5, 5.41) is 10.7. The molecule has 1 unspecified atom stereocenters. The van der Waals surface area contributed by atoms with Gasteiger partial charge in [0.25, 0.3) is 0 Å². The van der Waals surface area contributed by atoms with Gasteiger partial charge >= 0.3 is 0 Å². The first kappa shape index (κ1) is 15.4. The lowest BCUT2D eigenvalue weighted by atomic mass is 9.98. The highest BCUT2D eigenvalue weighted by molar-refractivity contribution is 5.49. The molecule has 0 amide bonds. The Kier molecular flexibility index (Phi) is 5.23. The van der Waals surface area contributed by atoms with Crippen LogP contribution in [0.5, 0.6) is 11.5 Å². The van der Waals surface area contributed by atoms with E-state index in [-0.39, 0.29) is 0 Å². The number of aliphatic hydroxyl groups is 1. The van der Waals surface area contributed by atoms with Gasteiger partial charge in [-0.25, -0.2) is 0 Å². The molecule has 3 heteroatoms. The second kappa shape index (κ2) is 7.14. The standard InChI is InChI=1S/C18H22O3/c1-4-6-13-9-11-14(12-10-13)18(19)17-15(20-2)7-5-8-16(17)21-3/h5,7-12,18-19H,4,6H2,1-3H3. The lowest BCUT2D eigenvalue weighted by Crippen LogP contribution is -2.05. The molecule has 21 heavy (non-hydrogen) atoms. The van der Waals surface area contributed by atoms with Crippen LogP contribution in [0.15, 0.2) is 42.5 Å². The van der Waals surface area contributed by atoms with E-state index in [0.717, 1.165) is 18.4 Å². The van der Waals surface area contributed by atoms with Crippen molar-refractivity contribution >= 4 is 0 Å². The van der Waals surface area contributed by atoms with E-state index < -0.39 is 6.10 Å². The molecular formula is C18H22O3. The monoisotopic (exact) mass is 286 g/mol. The van der Waals surface area contributed by atoms with Crippen molar-refractivity contribution in [3.63, 3.8) is 0 Å². The fraction of sp³-hybridized carbons (Fsp3) is 0.333. The summed E-state index contributed by atoms with van der Waals surface area (Å²) in [4.78, 5) is 0. The fourth-order valence-corrected chi connectivity index (χ4v) is 2.47. The van der Waals surface area contributed by atoms with Gasteiger partial charge in [0.15, 0.2) is 0 Å². The molecule has 3 nitrogen and oxygen atoms in total. The number of aliphatic hydroxyl groups excluding tert-OH is 1. The zero-order chi connectivity index (χ0) is 15.2. The topological polar surface area (TPSA) is 38.7 Å². The molecule has 0 aliphatic rings. The third-order valence-corrected chi connectivity index (χ3v) is 3.57. The summed E-state index contributed by atoms with van der Waals surface area (Å²) in [6.07, 6.45) is 1.39. The Morgan fingerprint density at radius 2 is 1.52 bits per heavy atom. The van der Waals surface area contributed by atoms with Crippen molar-refractivity contribution in [2.24, 2.45) is 0 Å². The van der Waals surface area contributed by atoms with Gasteiger partial charge in [0.1, 0.15) is 17.6 Å². The molecule has 1 N–H and O–H groups in total. The fourth-order valence-electron chi connectivity index (χ4n) is 2.47. The zero-order valence-corrected chi connectivity index (χ0v) is 12.8. The Balaban J connectivity index is 2.37. The number of hydrogen-bond donors (Lipinski definition) is 1. The van der Waals surface area contributed by atoms with Crippen LogP contribution in [0.2, 0.25) is 0 Å². The Labute approximate surface area is 126 Å². The quantitative estimate of drug-likeness (QED) is 0.879. The van der Waals surface area contributed by atoms with E-state index in [4.69, 9.17) is 9.47 Å². The van der Waals surface area contributed by atoms with Gasteiger partial charge in [0.2, 0.25) is 0 Å². The normalized spacial score (nSPS) is 12.0. The summed E-state index contributed by atoms with van der Waals surface area (Å²) >= 11 is 0. The Morgan fingerprint density at radius 3 is 2.00 bits per heavy atom. The van der Waals surface area contributed by atoms with Crippen LogP contribution in [0.4, 0.5) is 0 Å². The zero-order valence-electron chi connectivity index (χ0n) is 12.8. The van der Waals surface area contributed by atoms with Gasteiger partial charge < -0.3 is 14.6 Å². The Hall–Kier alpha value is -2.00. The predicted octanol–water partition coefficient (Wildman–Crippen LogP) is 3.74. The molecule has 2 aromatic carbocycles. The summed E-state index contributed by atoms with van der Waals surface area (Å²) in [6, 6.07) is 13.5. The molecular weight excluding hydrogens is 264 g/mol. The minimum atomic E-state index is -0.772. The summed E-state index contributed by atoms with van der Waals surface area (Å²) in [5.74, 6) is 1.25. The number of rotatable bonds is 6. The molecule has 1 atom stereocenters. The number of ether oxygens (including phenoxy) is 2. The van der Waals surface area contributed by atoms with E-state index in [1.807, 2.05) is 30.3 Å². The molecule has 0 heterocycles. The Morgan fingerprint density at radius 1 is 0.952 bits per heavy atom. The molecule has 0 saturated carbocycles. The SMILES string of the molecule is CCCc1ccc(C(O)c2c(OC)cccc2OC)cc1. The van der Waals surface area contributed by atoms with Crippen molar-refractivity contribution in [3.8, 4) is 11.5 Å². The largest absolute Gasteiger partial charge is 0.496 e. The van der Waals surface area contributed by atoms with Crippen molar-refractivity contribution in [1.29, 1.82) is 0 Å². The van der Waals surface area contributed by atoms with Crippen LogP contribution in [0, 0.1) is 0 Å². The molecule has 0 aliphatic carbocycles. The summed E-state index contributed by atoms with van der Waals surface area (Å²) in [7, 11) is 3.19. The van der Waals surface area contributed by atoms with Crippen LogP contribution in [0.25, 0.3) is 0 Å². The number of aryl methyl sites for hydroxylation is 1. The summed E-state index contributed by atoms with van der Waals surface area (Å²) in [6.45, 7) is 2.16. The van der Waals surface area contributed by atoms with E-state index in [1.165, 1.54) is 5.56 Å². The minimum Gasteiger partial charge on any atom is -0.496 e. The number of hydrogen-bond acceptors (Lipinski definition) is 3. The minimum absolute atomic E-state index is 0.625. The third-order valence-electron chi connectivity index (χ3n) is 3.57. The highest BCUT2D eigenvalue weighted by Crippen LogP contribution is 2.37. The highest BCUT2D eigenvalue weighted by atomic mass is 16.5. The molecule has 0 fully saturated rings. The molecule has 2 rings (SSSR count). The van der Waals surface area contributed by atoms with Gasteiger partial charge in [-0.2, -0.15) is 0 Å². The second-order valence-electron chi connectivity index (χ2n) is 4.97. The molecule has 0 aromatic heterocycles. The van der Waals surface area contributed by atoms with E-state index in [9.17, 15) is 5.11 Å². The molecule has 112 valence electrons. The average molecular weight is 286 g/mol. The van der Waals surface area contributed by atoms with Crippen molar-refractivity contribution < 1.29 is 14.6 Å². The molecule has 2 aromatic rings. The van der Waals surface area contributed by atoms with Gasteiger partial charge in [0, 0.05) is 0 Å². The first-order chi connectivity index (χ1) is 10.2.